The fraction of sp³-hybridized carbons (Fsp3) is 0.333. The molecule has 1 unspecified atom stereocenters. The quantitative estimate of drug-likeness (QED) is 0.426. The summed E-state index contributed by atoms with van der Waals surface area (Å²) in [6, 6.07) is 21.7. The van der Waals surface area contributed by atoms with Crippen LogP contribution in [0.1, 0.15) is 37.3 Å². The smallest absolute Gasteiger partial charge is 0.327 e. The highest BCUT2D eigenvalue weighted by Gasteiger charge is 2.43. The topological polar surface area (TPSA) is 49.9 Å². The van der Waals surface area contributed by atoms with Gasteiger partial charge in [-0.25, -0.2) is 4.79 Å². The van der Waals surface area contributed by atoms with Crippen molar-refractivity contribution in [3.05, 3.63) is 77.9 Å². The number of ether oxygens (including phenoxy) is 1. The molecule has 1 aliphatic rings. The summed E-state index contributed by atoms with van der Waals surface area (Å²) >= 11 is 0. The zero-order chi connectivity index (χ0) is 22.5. The summed E-state index contributed by atoms with van der Waals surface area (Å²) in [6.45, 7) is 2.96. The van der Waals surface area contributed by atoms with Crippen molar-refractivity contribution in [3.8, 4) is 5.75 Å². The first-order valence-electron chi connectivity index (χ1n) is 11.3. The standard InChI is InChI=1S/C27H30N2O3/c1-3-17-28-25(10-6-7-20-12-15-24(32-2)16-13-20)26(30)29(27(28)31)19-21-11-14-22-8-4-5-9-23(22)18-21/h4-5,8-9,11-16,18,25H,3,6-7,10,17,19H2,1-2H3. The predicted molar refractivity (Wildman–Crippen MR) is 127 cm³/mol. The normalized spacial score (nSPS) is 16.2. The molecule has 3 aromatic rings. The van der Waals surface area contributed by atoms with E-state index >= 15 is 0 Å². The van der Waals surface area contributed by atoms with Gasteiger partial charge in [0, 0.05) is 6.54 Å². The van der Waals surface area contributed by atoms with E-state index in [1.165, 1.54) is 10.5 Å². The Morgan fingerprint density at radius 2 is 1.62 bits per heavy atom. The van der Waals surface area contributed by atoms with Crippen LogP contribution in [0.15, 0.2) is 66.7 Å². The molecule has 1 atom stereocenters. The van der Waals surface area contributed by atoms with E-state index in [2.05, 4.69) is 30.3 Å². The highest BCUT2D eigenvalue weighted by atomic mass is 16.5. The van der Waals surface area contributed by atoms with Gasteiger partial charge in [0.2, 0.25) is 0 Å². The monoisotopic (exact) mass is 430 g/mol. The maximum Gasteiger partial charge on any atom is 0.327 e. The summed E-state index contributed by atoms with van der Waals surface area (Å²) in [4.78, 5) is 29.5. The number of carbonyl (C=O) groups is 2. The zero-order valence-electron chi connectivity index (χ0n) is 18.8. The number of amides is 3. The maximum absolute atomic E-state index is 13.2. The number of methoxy groups -OCH3 is 1. The molecule has 32 heavy (non-hydrogen) atoms. The van der Waals surface area contributed by atoms with E-state index in [4.69, 9.17) is 4.74 Å². The number of hydrogen-bond acceptors (Lipinski definition) is 3. The second-order valence-corrected chi connectivity index (χ2v) is 8.34. The molecule has 0 bridgehead atoms. The lowest BCUT2D eigenvalue weighted by Crippen LogP contribution is -2.35. The van der Waals surface area contributed by atoms with Gasteiger partial charge in [0.05, 0.1) is 13.7 Å². The minimum atomic E-state index is -0.374. The van der Waals surface area contributed by atoms with Crippen molar-refractivity contribution in [2.75, 3.05) is 13.7 Å². The highest BCUT2D eigenvalue weighted by Crippen LogP contribution is 2.26. The molecule has 166 valence electrons. The number of nitrogens with zero attached hydrogens (tertiary/aromatic N) is 2. The fourth-order valence-corrected chi connectivity index (χ4v) is 4.42. The Kier molecular flexibility index (Phi) is 6.74. The third-order valence-electron chi connectivity index (χ3n) is 6.13. The average molecular weight is 431 g/mol. The van der Waals surface area contributed by atoms with Gasteiger partial charge in [0.1, 0.15) is 11.8 Å². The molecule has 5 heteroatoms. The molecular formula is C27H30N2O3. The number of urea groups is 1. The van der Waals surface area contributed by atoms with E-state index in [0.717, 1.165) is 41.3 Å². The Hall–Kier alpha value is -3.34. The second-order valence-electron chi connectivity index (χ2n) is 8.34. The summed E-state index contributed by atoms with van der Waals surface area (Å²) < 4.78 is 5.21. The van der Waals surface area contributed by atoms with E-state index in [9.17, 15) is 9.59 Å². The van der Waals surface area contributed by atoms with Crippen LogP contribution in [0.5, 0.6) is 5.75 Å². The molecule has 3 aromatic carbocycles. The number of rotatable bonds is 9. The Morgan fingerprint density at radius 3 is 2.34 bits per heavy atom. The summed E-state index contributed by atoms with van der Waals surface area (Å²) in [5.41, 5.74) is 2.18. The van der Waals surface area contributed by atoms with Crippen LogP contribution in [-0.2, 0) is 17.8 Å². The number of carbonyl (C=O) groups excluding carboxylic acids is 2. The predicted octanol–water partition coefficient (Wildman–Crippen LogP) is 5.41. The van der Waals surface area contributed by atoms with E-state index in [-0.39, 0.29) is 18.0 Å². The molecule has 1 saturated heterocycles. The zero-order valence-corrected chi connectivity index (χ0v) is 18.8. The van der Waals surface area contributed by atoms with Gasteiger partial charge in [-0.2, -0.15) is 0 Å². The maximum atomic E-state index is 13.2. The minimum absolute atomic E-state index is 0.0775. The van der Waals surface area contributed by atoms with Crippen LogP contribution in [-0.4, -0.2) is 41.4 Å². The van der Waals surface area contributed by atoms with Crippen LogP contribution in [0.3, 0.4) is 0 Å². The van der Waals surface area contributed by atoms with Crippen LogP contribution in [0.4, 0.5) is 4.79 Å². The molecule has 0 radical (unpaired) electrons. The van der Waals surface area contributed by atoms with Gasteiger partial charge in [0.25, 0.3) is 5.91 Å². The largest absolute Gasteiger partial charge is 0.497 e. The molecule has 0 aliphatic carbocycles. The average Bonchev–Trinajstić information content (AvgIpc) is 3.04. The summed E-state index contributed by atoms with van der Waals surface area (Å²) in [5.74, 6) is 0.759. The number of hydrogen-bond donors (Lipinski definition) is 0. The van der Waals surface area contributed by atoms with Gasteiger partial charge in [-0.3, -0.25) is 9.69 Å². The molecule has 0 spiro atoms. The lowest BCUT2D eigenvalue weighted by molar-refractivity contribution is -0.128. The fourth-order valence-electron chi connectivity index (χ4n) is 4.42. The molecular weight excluding hydrogens is 400 g/mol. The minimum Gasteiger partial charge on any atom is -0.497 e. The van der Waals surface area contributed by atoms with Crippen LogP contribution in [0.2, 0.25) is 0 Å². The Morgan fingerprint density at radius 1 is 0.906 bits per heavy atom. The Bertz CT molecular complexity index is 1090. The second kappa shape index (κ2) is 9.86. The lowest BCUT2D eigenvalue weighted by Gasteiger charge is -2.21. The summed E-state index contributed by atoms with van der Waals surface area (Å²) in [6.07, 6.45) is 3.22. The van der Waals surface area contributed by atoms with E-state index in [1.54, 1.807) is 12.0 Å². The van der Waals surface area contributed by atoms with Crippen molar-refractivity contribution in [1.82, 2.24) is 9.80 Å². The van der Waals surface area contributed by atoms with Gasteiger partial charge in [-0.15, -0.1) is 0 Å². The first-order valence-corrected chi connectivity index (χ1v) is 11.3. The van der Waals surface area contributed by atoms with Crippen LogP contribution in [0, 0.1) is 0 Å². The summed E-state index contributed by atoms with van der Waals surface area (Å²) in [7, 11) is 1.66. The molecule has 1 fully saturated rings. The van der Waals surface area contributed by atoms with Gasteiger partial charge >= 0.3 is 6.03 Å². The van der Waals surface area contributed by atoms with Gasteiger partial charge in [-0.1, -0.05) is 55.5 Å². The van der Waals surface area contributed by atoms with Crippen molar-refractivity contribution < 1.29 is 14.3 Å². The van der Waals surface area contributed by atoms with Crippen LogP contribution < -0.4 is 4.74 Å². The SMILES string of the molecule is CCCN1C(=O)N(Cc2ccc3ccccc3c2)C(=O)C1CCCc1ccc(OC)cc1. The van der Waals surface area contributed by atoms with Crippen molar-refractivity contribution in [3.63, 3.8) is 0 Å². The molecule has 3 amide bonds. The van der Waals surface area contributed by atoms with Crippen LogP contribution >= 0.6 is 0 Å². The first-order chi connectivity index (χ1) is 15.6. The molecule has 0 aromatic heterocycles. The van der Waals surface area contributed by atoms with Crippen molar-refractivity contribution in [2.45, 2.75) is 45.2 Å². The third kappa shape index (κ3) is 4.62. The molecule has 4 rings (SSSR count). The van der Waals surface area contributed by atoms with Gasteiger partial charge in [-0.05, 0) is 65.8 Å². The van der Waals surface area contributed by atoms with Crippen LogP contribution in [0.25, 0.3) is 10.8 Å². The number of fused-ring (bicyclic) bond motifs is 1. The van der Waals surface area contributed by atoms with E-state index in [0.29, 0.717) is 19.5 Å². The van der Waals surface area contributed by atoms with Crippen molar-refractivity contribution in [2.24, 2.45) is 0 Å². The molecule has 5 nitrogen and oxygen atoms in total. The molecule has 0 N–H and O–H groups in total. The van der Waals surface area contributed by atoms with Crippen molar-refractivity contribution >= 4 is 22.7 Å². The molecule has 1 heterocycles. The first kappa shape index (κ1) is 21.9. The summed E-state index contributed by atoms with van der Waals surface area (Å²) in [5, 5.41) is 2.27. The number of imide groups is 1. The van der Waals surface area contributed by atoms with Gasteiger partial charge in [0.15, 0.2) is 0 Å². The third-order valence-corrected chi connectivity index (χ3v) is 6.13. The van der Waals surface area contributed by atoms with E-state index in [1.807, 2.05) is 43.3 Å². The lowest BCUT2D eigenvalue weighted by atomic mass is 10.0. The van der Waals surface area contributed by atoms with Gasteiger partial charge < -0.3 is 9.64 Å². The van der Waals surface area contributed by atoms with E-state index < -0.39 is 0 Å². The molecule has 0 saturated carbocycles. The number of benzene rings is 3. The Labute approximate surface area is 189 Å². The number of aryl methyl sites for hydroxylation is 1. The molecule has 1 aliphatic heterocycles. The Balaban J connectivity index is 1.44. The highest BCUT2D eigenvalue weighted by molar-refractivity contribution is 6.04. The van der Waals surface area contributed by atoms with Crippen molar-refractivity contribution in [1.29, 1.82) is 0 Å².